The van der Waals surface area contributed by atoms with Crippen LogP contribution < -0.4 is 5.32 Å². The molecule has 0 aliphatic carbocycles. The van der Waals surface area contributed by atoms with Crippen LogP contribution in [0.4, 0.5) is 4.79 Å². The SMILES string of the molecule is Cc1oc(CNC(=O)N2CCCC(C)(O)C2)cc1C(=O)O. The van der Waals surface area contributed by atoms with Crippen LogP contribution in [0, 0.1) is 6.92 Å². The lowest BCUT2D eigenvalue weighted by atomic mass is 9.95. The molecule has 2 heterocycles. The Morgan fingerprint density at radius 2 is 2.24 bits per heavy atom. The second kappa shape index (κ2) is 5.77. The summed E-state index contributed by atoms with van der Waals surface area (Å²) in [6.45, 7) is 4.28. The summed E-state index contributed by atoms with van der Waals surface area (Å²) in [6, 6.07) is 1.12. The van der Waals surface area contributed by atoms with Gasteiger partial charge in [-0.15, -0.1) is 0 Å². The third kappa shape index (κ3) is 3.75. The van der Waals surface area contributed by atoms with E-state index in [1.54, 1.807) is 18.7 Å². The van der Waals surface area contributed by atoms with E-state index in [2.05, 4.69) is 5.32 Å². The van der Waals surface area contributed by atoms with Crippen LogP contribution >= 0.6 is 0 Å². The summed E-state index contributed by atoms with van der Waals surface area (Å²) >= 11 is 0. The Balaban J connectivity index is 1.92. The van der Waals surface area contributed by atoms with Crippen molar-refractivity contribution < 1.29 is 24.2 Å². The van der Waals surface area contributed by atoms with Crippen molar-refractivity contribution in [1.82, 2.24) is 10.2 Å². The van der Waals surface area contributed by atoms with E-state index in [0.717, 1.165) is 6.42 Å². The number of β-amino-alcohol motifs (C(OH)–C–C–N with tert-alkyl or cyclic N) is 1. The molecule has 1 aliphatic heterocycles. The average Bonchev–Trinajstić information content (AvgIpc) is 2.76. The summed E-state index contributed by atoms with van der Waals surface area (Å²) in [5.74, 6) is -0.351. The first kappa shape index (κ1) is 15.4. The van der Waals surface area contributed by atoms with Crippen molar-refractivity contribution in [3.63, 3.8) is 0 Å². The van der Waals surface area contributed by atoms with E-state index in [1.807, 2.05) is 0 Å². The number of carbonyl (C=O) groups is 2. The number of piperidine rings is 1. The van der Waals surface area contributed by atoms with Gasteiger partial charge in [-0.05, 0) is 32.8 Å². The number of hydrogen-bond donors (Lipinski definition) is 3. The predicted octanol–water partition coefficient (Wildman–Crippen LogP) is 1.34. The van der Waals surface area contributed by atoms with Gasteiger partial charge in [0.15, 0.2) is 0 Å². The normalized spacial score (nSPS) is 22.1. The topological polar surface area (TPSA) is 103 Å². The molecule has 7 heteroatoms. The number of nitrogens with zero attached hydrogens (tertiary/aromatic N) is 1. The van der Waals surface area contributed by atoms with Crippen LogP contribution in [0.25, 0.3) is 0 Å². The Bertz CT molecular complexity index is 550. The third-order valence-corrected chi connectivity index (χ3v) is 3.58. The Labute approximate surface area is 122 Å². The lowest BCUT2D eigenvalue weighted by molar-refractivity contribution is -0.00257. The summed E-state index contributed by atoms with van der Waals surface area (Å²) < 4.78 is 5.29. The monoisotopic (exact) mass is 296 g/mol. The zero-order valence-electron chi connectivity index (χ0n) is 12.2. The van der Waals surface area contributed by atoms with Gasteiger partial charge in [0.2, 0.25) is 0 Å². The fourth-order valence-corrected chi connectivity index (χ4v) is 2.51. The standard InChI is InChI=1S/C14H20N2O5/c1-9-11(12(17)18)6-10(21-9)7-15-13(19)16-5-3-4-14(2,20)8-16/h6,20H,3-5,7-8H2,1-2H3,(H,15,19)(H,17,18). The summed E-state index contributed by atoms with van der Waals surface area (Å²) in [5.41, 5.74) is -0.756. The Morgan fingerprint density at radius 3 is 2.81 bits per heavy atom. The highest BCUT2D eigenvalue weighted by molar-refractivity contribution is 5.88. The molecular weight excluding hydrogens is 276 g/mol. The van der Waals surface area contributed by atoms with Gasteiger partial charge in [-0.1, -0.05) is 0 Å². The Kier molecular flexibility index (Phi) is 4.22. The van der Waals surface area contributed by atoms with Gasteiger partial charge in [-0.3, -0.25) is 0 Å². The van der Waals surface area contributed by atoms with Crippen LogP contribution in [0.15, 0.2) is 10.5 Å². The van der Waals surface area contributed by atoms with Crippen molar-refractivity contribution >= 4 is 12.0 Å². The molecule has 1 aromatic heterocycles. The van der Waals surface area contributed by atoms with E-state index in [-0.39, 0.29) is 24.7 Å². The van der Waals surface area contributed by atoms with Crippen LogP contribution in [0.2, 0.25) is 0 Å². The first-order valence-corrected chi connectivity index (χ1v) is 6.86. The number of nitrogens with one attached hydrogen (secondary N) is 1. The largest absolute Gasteiger partial charge is 0.478 e. The van der Waals surface area contributed by atoms with Crippen LogP contribution in [0.1, 0.15) is 41.6 Å². The van der Waals surface area contributed by atoms with Gasteiger partial charge in [-0.2, -0.15) is 0 Å². The molecule has 7 nitrogen and oxygen atoms in total. The highest BCUT2D eigenvalue weighted by Gasteiger charge is 2.30. The van der Waals surface area contributed by atoms with E-state index in [9.17, 15) is 14.7 Å². The zero-order chi connectivity index (χ0) is 15.6. The van der Waals surface area contributed by atoms with E-state index >= 15 is 0 Å². The maximum atomic E-state index is 12.0. The van der Waals surface area contributed by atoms with Crippen molar-refractivity contribution in [3.05, 3.63) is 23.2 Å². The molecule has 21 heavy (non-hydrogen) atoms. The molecule has 1 aromatic rings. The van der Waals surface area contributed by atoms with Crippen LogP contribution in [-0.4, -0.2) is 45.8 Å². The first-order valence-electron chi connectivity index (χ1n) is 6.86. The Hall–Kier alpha value is -2.02. The second-order valence-electron chi connectivity index (χ2n) is 5.67. The van der Waals surface area contributed by atoms with E-state index in [0.29, 0.717) is 24.5 Å². The summed E-state index contributed by atoms with van der Waals surface area (Å²) in [7, 11) is 0. The lowest BCUT2D eigenvalue weighted by Gasteiger charge is -2.36. The van der Waals surface area contributed by atoms with Gasteiger partial charge in [-0.25, -0.2) is 9.59 Å². The molecule has 0 spiro atoms. The number of carboxylic acid groups (broad SMARTS) is 1. The van der Waals surface area contributed by atoms with Crippen molar-refractivity contribution in [2.45, 2.75) is 38.8 Å². The minimum atomic E-state index is -1.05. The molecule has 3 N–H and O–H groups in total. The van der Waals surface area contributed by atoms with Crippen LogP contribution in [-0.2, 0) is 6.54 Å². The highest BCUT2D eigenvalue weighted by Crippen LogP contribution is 2.20. The quantitative estimate of drug-likeness (QED) is 0.781. The van der Waals surface area contributed by atoms with Crippen molar-refractivity contribution in [2.24, 2.45) is 0 Å². The number of aromatic carboxylic acids is 1. The molecule has 2 amide bonds. The first-order chi connectivity index (χ1) is 9.78. The Morgan fingerprint density at radius 1 is 1.52 bits per heavy atom. The second-order valence-corrected chi connectivity index (χ2v) is 5.67. The van der Waals surface area contributed by atoms with Crippen molar-refractivity contribution in [1.29, 1.82) is 0 Å². The summed E-state index contributed by atoms with van der Waals surface area (Å²) in [6.07, 6.45) is 1.43. The maximum Gasteiger partial charge on any atom is 0.339 e. The highest BCUT2D eigenvalue weighted by atomic mass is 16.4. The van der Waals surface area contributed by atoms with Gasteiger partial charge in [0, 0.05) is 6.54 Å². The number of furan rings is 1. The van der Waals surface area contributed by atoms with E-state index < -0.39 is 11.6 Å². The molecule has 1 saturated heterocycles. The molecule has 1 atom stereocenters. The van der Waals surface area contributed by atoms with E-state index in [4.69, 9.17) is 9.52 Å². The number of urea groups is 1. The van der Waals surface area contributed by atoms with Gasteiger partial charge >= 0.3 is 12.0 Å². The molecule has 2 rings (SSSR count). The molecule has 1 fully saturated rings. The number of carbonyl (C=O) groups excluding carboxylic acids is 1. The summed E-state index contributed by atoms with van der Waals surface area (Å²) in [5, 5.41) is 21.6. The minimum Gasteiger partial charge on any atom is -0.478 e. The van der Waals surface area contributed by atoms with Crippen LogP contribution in [0.3, 0.4) is 0 Å². The number of hydrogen-bond acceptors (Lipinski definition) is 4. The summed E-state index contributed by atoms with van der Waals surface area (Å²) in [4.78, 5) is 24.5. The van der Waals surface area contributed by atoms with Gasteiger partial charge in [0.1, 0.15) is 17.1 Å². The third-order valence-electron chi connectivity index (χ3n) is 3.58. The number of carboxylic acids is 1. The van der Waals surface area contributed by atoms with Gasteiger partial charge in [0.05, 0.1) is 18.7 Å². The molecule has 1 aliphatic rings. The predicted molar refractivity (Wildman–Crippen MR) is 74.1 cm³/mol. The molecule has 116 valence electrons. The molecule has 0 saturated carbocycles. The number of aryl methyl sites for hydroxylation is 1. The zero-order valence-corrected chi connectivity index (χ0v) is 12.2. The van der Waals surface area contributed by atoms with Crippen molar-refractivity contribution in [2.75, 3.05) is 13.1 Å². The molecule has 0 bridgehead atoms. The fourth-order valence-electron chi connectivity index (χ4n) is 2.51. The maximum absolute atomic E-state index is 12.0. The van der Waals surface area contributed by atoms with Crippen LogP contribution in [0.5, 0.6) is 0 Å². The smallest absolute Gasteiger partial charge is 0.339 e. The molecular formula is C14H20N2O5. The fraction of sp³-hybridized carbons (Fsp3) is 0.571. The van der Waals surface area contributed by atoms with E-state index in [1.165, 1.54) is 6.07 Å². The molecule has 0 radical (unpaired) electrons. The lowest BCUT2D eigenvalue weighted by Crippen LogP contribution is -2.51. The average molecular weight is 296 g/mol. The van der Waals surface area contributed by atoms with Gasteiger partial charge < -0.3 is 24.8 Å². The number of aliphatic hydroxyl groups is 1. The van der Waals surface area contributed by atoms with Crippen molar-refractivity contribution in [3.8, 4) is 0 Å². The minimum absolute atomic E-state index is 0.0974. The van der Waals surface area contributed by atoms with Gasteiger partial charge in [0.25, 0.3) is 0 Å². The molecule has 0 aromatic carbocycles. The number of amides is 2. The number of likely N-dealkylation sites (tertiary alicyclic amines) is 1. The molecule has 1 unspecified atom stereocenters. The number of rotatable bonds is 3.